The number of nitrogens with zero attached hydrogens (tertiary/aromatic N) is 2. The average molecular weight is 454 g/mol. The number of fused-ring (bicyclic) bond motifs is 1. The number of carbonyl (C=O) groups is 1. The molecule has 0 unspecified atom stereocenters. The molecular formula is C26H35N3O4. The van der Waals surface area contributed by atoms with Gasteiger partial charge in [0.05, 0.1) is 24.4 Å². The zero-order valence-corrected chi connectivity index (χ0v) is 20.3. The Bertz CT molecular complexity index is 1160. The molecule has 2 aromatic rings. The van der Waals surface area contributed by atoms with Crippen LogP contribution >= 0.6 is 0 Å². The van der Waals surface area contributed by atoms with Gasteiger partial charge >= 0.3 is 5.69 Å². The van der Waals surface area contributed by atoms with Crippen molar-refractivity contribution in [2.75, 3.05) is 6.61 Å². The molecule has 0 spiro atoms. The summed E-state index contributed by atoms with van der Waals surface area (Å²) in [5.74, 6) is 0.803. The summed E-state index contributed by atoms with van der Waals surface area (Å²) in [4.78, 5) is 37.1. The Morgan fingerprint density at radius 1 is 1.15 bits per heavy atom. The minimum atomic E-state index is -0.346. The Balaban J connectivity index is 2.24. The smallest absolute Gasteiger partial charge is 0.331 e. The average Bonchev–Trinajstić information content (AvgIpc) is 2.80. The summed E-state index contributed by atoms with van der Waals surface area (Å²) in [6, 6.07) is 8.31. The first-order chi connectivity index (χ1) is 15.8. The molecule has 1 N–H and O–H groups in total. The topological polar surface area (TPSA) is 82.3 Å². The lowest BCUT2D eigenvalue weighted by molar-refractivity contribution is -0.128. The fraction of sp³-hybridized carbons (Fsp3) is 0.500. The van der Waals surface area contributed by atoms with E-state index in [0.717, 1.165) is 35.4 Å². The predicted molar refractivity (Wildman–Crippen MR) is 131 cm³/mol. The molecule has 0 atom stereocenters. The number of aromatic nitrogens is 2. The molecule has 0 aliphatic carbocycles. The van der Waals surface area contributed by atoms with Gasteiger partial charge in [-0.2, -0.15) is 0 Å². The summed E-state index contributed by atoms with van der Waals surface area (Å²) >= 11 is 0. The van der Waals surface area contributed by atoms with Crippen LogP contribution < -0.4 is 16.6 Å². The fourth-order valence-electron chi connectivity index (χ4n) is 4.44. The van der Waals surface area contributed by atoms with Gasteiger partial charge in [0, 0.05) is 24.9 Å². The predicted octanol–water partition coefficient (Wildman–Crippen LogP) is 3.64. The van der Waals surface area contributed by atoms with E-state index in [-0.39, 0.29) is 24.4 Å². The monoisotopic (exact) mass is 453 g/mol. The van der Waals surface area contributed by atoms with Crippen molar-refractivity contribution < 1.29 is 9.53 Å². The minimum absolute atomic E-state index is 0.167. The first-order valence-electron chi connectivity index (χ1n) is 11.7. The van der Waals surface area contributed by atoms with Crippen LogP contribution in [0.25, 0.3) is 11.3 Å². The number of hydrogen-bond acceptors (Lipinski definition) is 5. The Morgan fingerprint density at radius 3 is 2.55 bits per heavy atom. The molecule has 0 amide bonds. The van der Waals surface area contributed by atoms with Crippen LogP contribution in [0.3, 0.4) is 0 Å². The second-order valence-corrected chi connectivity index (χ2v) is 9.32. The van der Waals surface area contributed by atoms with Gasteiger partial charge in [-0.25, -0.2) is 4.79 Å². The number of hydrogen-bond donors (Lipinski definition) is 1. The normalized spacial score (nSPS) is 13.3. The lowest BCUT2D eigenvalue weighted by atomic mass is 9.87. The standard InChI is InChI=1S/C26H35N3O4/c1-17(2)11-12-21-23-22(15-27-24(21)20-10-7-6-9-19(20)18(3)4)28(5)26(32)29(25(23)31)13-8-14-33-16-30/h6-7,9-10,16-18,27H,8,11-15H2,1-5H3. The molecule has 0 radical (unpaired) electrons. The van der Waals surface area contributed by atoms with Crippen molar-refractivity contribution in [3.63, 3.8) is 0 Å². The fourth-order valence-corrected chi connectivity index (χ4v) is 4.44. The van der Waals surface area contributed by atoms with Crippen LogP contribution in [-0.2, 0) is 29.7 Å². The van der Waals surface area contributed by atoms with Crippen LogP contribution in [0.2, 0.25) is 0 Å². The van der Waals surface area contributed by atoms with E-state index < -0.39 is 0 Å². The molecule has 33 heavy (non-hydrogen) atoms. The molecule has 178 valence electrons. The Labute approximate surface area is 195 Å². The third-order valence-electron chi connectivity index (χ3n) is 6.24. The zero-order chi connectivity index (χ0) is 24.1. The number of benzene rings is 1. The van der Waals surface area contributed by atoms with E-state index >= 15 is 0 Å². The number of rotatable bonds is 10. The second kappa shape index (κ2) is 10.7. The van der Waals surface area contributed by atoms with E-state index in [1.807, 2.05) is 12.1 Å². The van der Waals surface area contributed by atoms with Crippen molar-refractivity contribution in [2.45, 2.75) is 66.0 Å². The van der Waals surface area contributed by atoms with E-state index in [1.165, 1.54) is 10.1 Å². The van der Waals surface area contributed by atoms with Crippen LogP contribution in [0.5, 0.6) is 0 Å². The molecular weight excluding hydrogens is 418 g/mol. The van der Waals surface area contributed by atoms with Gasteiger partial charge in [-0.3, -0.25) is 18.7 Å². The number of allylic oxidation sites excluding steroid dienone is 1. The van der Waals surface area contributed by atoms with Crippen molar-refractivity contribution in [1.82, 2.24) is 14.5 Å². The molecule has 1 aliphatic rings. The highest BCUT2D eigenvalue weighted by Crippen LogP contribution is 2.35. The van der Waals surface area contributed by atoms with Gasteiger partial charge in [0.1, 0.15) is 0 Å². The van der Waals surface area contributed by atoms with Gasteiger partial charge in [0.25, 0.3) is 12.0 Å². The summed E-state index contributed by atoms with van der Waals surface area (Å²) in [6.45, 7) is 9.85. The Kier molecular flexibility index (Phi) is 7.95. The lowest BCUT2D eigenvalue weighted by Gasteiger charge is -2.29. The summed E-state index contributed by atoms with van der Waals surface area (Å²) in [7, 11) is 1.72. The molecule has 2 heterocycles. The van der Waals surface area contributed by atoms with Crippen molar-refractivity contribution >= 4 is 17.7 Å². The molecule has 0 saturated carbocycles. The van der Waals surface area contributed by atoms with E-state index in [9.17, 15) is 14.4 Å². The highest BCUT2D eigenvalue weighted by molar-refractivity contribution is 5.92. The van der Waals surface area contributed by atoms with Crippen molar-refractivity contribution in [1.29, 1.82) is 0 Å². The molecule has 0 fully saturated rings. The maximum atomic E-state index is 13.7. The molecule has 1 aromatic heterocycles. The van der Waals surface area contributed by atoms with Crippen LogP contribution in [-0.4, -0.2) is 22.2 Å². The van der Waals surface area contributed by atoms with Crippen molar-refractivity contribution in [3.05, 3.63) is 67.5 Å². The number of carbonyl (C=O) groups excluding carboxylic acids is 1. The summed E-state index contributed by atoms with van der Waals surface area (Å²) in [5.41, 5.74) is 5.02. The van der Waals surface area contributed by atoms with Gasteiger partial charge in [-0.15, -0.1) is 0 Å². The third-order valence-corrected chi connectivity index (χ3v) is 6.24. The second-order valence-electron chi connectivity index (χ2n) is 9.32. The first kappa shape index (κ1) is 24.6. The first-order valence-corrected chi connectivity index (χ1v) is 11.7. The molecule has 7 nitrogen and oxygen atoms in total. The summed E-state index contributed by atoms with van der Waals surface area (Å²) in [5, 5.41) is 3.55. The van der Waals surface area contributed by atoms with Gasteiger partial charge in [0.2, 0.25) is 0 Å². The highest BCUT2D eigenvalue weighted by Gasteiger charge is 2.28. The van der Waals surface area contributed by atoms with E-state index in [0.29, 0.717) is 36.8 Å². The van der Waals surface area contributed by atoms with E-state index in [1.54, 1.807) is 11.6 Å². The van der Waals surface area contributed by atoms with E-state index in [2.05, 4.69) is 45.1 Å². The number of nitrogens with one attached hydrogen (secondary N) is 1. The van der Waals surface area contributed by atoms with Crippen LogP contribution in [0.4, 0.5) is 0 Å². The lowest BCUT2D eigenvalue weighted by Crippen LogP contribution is -2.45. The van der Waals surface area contributed by atoms with Gasteiger partial charge in [-0.1, -0.05) is 52.0 Å². The van der Waals surface area contributed by atoms with Crippen molar-refractivity contribution in [2.24, 2.45) is 13.0 Å². The van der Waals surface area contributed by atoms with E-state index in [4.69, 9.17) is 4.74 Å². The van der Waals surface area contributed by atoms with Crippen LogP contribution in [0, 0.1) is 5.92 Å². The third kappa shape index (κ3) is 5.13. The zero-order valence-electron chi connectivity index (χ0n) is 20.3. The molecule has 0 bridgehead atoms. The molecule has 1 aliphatic heterocycles. The van der Waals surface area contributed by atoms with Gasteiger partial charge in [-0.05, 0) is 42.2 Å². The quantitative estimate of drug-likeness (QED) is 0.439. The van der Waals surface area contributed by atoms with Crippen LogP contribution in [0.1, 0.15) is 75.3 Å². The highest BCUT2D eigenvalue weighted by atomic mass is 16.5. The minimum Gasteiger partial charge on any atom is -0.468 e. The Morgan fingerprint density at radius 2 is 1.88 bits per heavy atom. The molecule has 7 heteroatoms. The Hall–Kier alpha value is -3.09. The van der Waals surface area contributed by atoms with Gasteiger partial charge < -0.3 is 10.1 Å². The number of ether oxygens (including phenoxy) is 1. The SMILES string of the molecule is CC(C)CCC1=C(c2ccccc2C(C)C)NCc2c1c(=O)n(CCCOC=O)c(=O)n2C. The van der Waals surface area contributed by atoms with Crippen molar-refractivity contribution in [3.8, 4) is 0 Å². The molecule has 3 rings (SSSR count). The van der Waals surface area contributed by atoms with Gasteiger partial charge in [0.15, 0.2) is 0 Å². The maximum Gasteiger partial charge on any atom is 0.331 e. The van der Waals surface area contributed by atoms with Crippen LogP contribution in [0.15, 0.2) is 33.9 Å². The summed E-state index contributed by atoms with van der Waals surface area (Å²) in [6.07, 6.45) is 2.07. The largest absolute Gasteiger partial charge is 0.468 e. The molecule has 0 saturated heterocycles. The summed E-state index contributed by atoms with van der Waals surface area (Å²) < 4.78 is 7.60. The molecule has 1 aromatic carbocycles. The maximum absolute atomic E-state index is 13.7.